The van der Waals surface area contributed by atoms with Crippen LogP contribution in [0, 0.1) is 13.8 Å². The Hall–Kier alpha value is -1.29. The zero-order valence-electron chi connectivity index (χ0n) is 13.0. The van der Waals surface area contributed by atoms with Crippen molar-refractivity contribution in [3.8, 4) is 0 Å². The van der Waals surface area contributed by atoms with Crippen LogP contribution in [0.1, 0.15) is 56.2 Å². The summed E-state index contributed by atoms with van der Waals surface area (Å²) in [5.74, 6) is 2.07. The monoisotopic (exact) mass is 278 g/mol. The number of hydrogen-bond donors (Lipinski definition) is 1. The van der Waals surface area contributed by atoms with Crippen LogP contribution in [0.15, 0.2) is 10.5 Å². The normalized spacial score (nSPS) is 21.3. The average Bonchev–Trinajstić information content (AvgIpc) is 2.76. The fourth-order valence-electron chi connectivity index (χ4n) is 3.03. The number of amides is 1. The minimum absolute atomic E-state index is 0.0144. The zero-order chi connectivity index (χ0) is 14.7. The minimum atomic E-state index is -0.0144. The van der Waals surface area contributed by atoms with E-state index in [0.717, 1.165) is 49.4 Å². The maximum absolute atomic E-state index is 12.6. The second-order valence-corrected chi connectivity index (χ2v) is 5.73. The van der Waals surface area contributed by atoms with Crippen molar-refractivity contribution in [1.82, 2.24) is 10.2 Å². The Bertz CT molecular complexity index is 467. The quantitative estimate of drug-likeness (QED) is 0.900. The lowest BCUT2D eigenvalue weighted by atomic mass is 9.99. The van der Waals surface area contributed by atoms with Gasteiger partial charge in [-0.3, -0.25) is 4.79 Å². The number of rotatable bonds is 5. The lowest BCUT2D eigenvalue weighted by molar-refractivity contribution is -0.138. The molecule has 2 unspecified atom stereocenters. The smallest absolute Gasteiger partial charge is 0.240 e. The summed E-state index contributed by atoms with van der Waals surface area (Å²) >= 11 is 0. The van der Waals surface area contributed by atoms with Crippen molar-refractivity contribution >= 4 is 5.91 Å². The van der Waals surface area contributed by atoms with E-state index < -0.39 is 0 Å². The fraction of sp³-hybridized carbons (Fsp3) is 0.688. The standard InChI is InChI=1S/C16H26N2O2/c1-5-8-17-15-7-6-9-18(16(15)19)12(3)14-10-11(2)20-13(14)4/h10,12,15,17H,5-9H2,1-4H3. The maximum atomic E-state index is 12.6. The van der Waals surface area contributed by atoms with E-state index in [1.165, 1.54) is 0 Å². The number of furan rings is 1. The number of hydrogen-bond acceptors (Lipinski definition) is 3. The number of piperidine rings is 1. The highest BCUT2D eigenvalue weighted by atomic mass is 16.3. The molecule has 20 heavy (non-hydrogen) atoms. The molecular weight excluding hydrogens is 252 g/mol. The molecule has 2 rings (SSSR count). The summed E-state index contributed by atoms with van der Waals surface area (Å²) in [5.41, 5.74) is 1.13. The van der Waals surface area contributed by atoms with E-state index in [9.17, 15) is 4.79 Å². The van der Waals surface area contributed by atoms with Crippen molar-refractivity contribution < 1.29 is 9.21 Å². The molecule has 2 atom stereocenters. The predicted molar refractivity (Wildman–Crippen MR) is 79.6 cm³/mol. The van der Waals surface area contributed by atoms with Crippen molar-refractivity contribution in [2.75, 3.05) is 13.1 Å². The molecule has 1 aromatic rings. The van der Waals surface area contributed by atoms with Gasteiger partial charge in [-0.2, -0.15) is 0 Å². The van der Waals surface area contributed by atoms with Gasteiger partial charge in [0.15, 0.2) is 0 Å². The van der Waals surface area contributed by atoms with E-state index in [-0.39, 0.29) is 18.0 Å². The summed E-state index contributed by atoms with van der Waals surface area (Å²) in [6.45, 7) is 9.89. The Morgan fingerprint density at radius 3 is 2.85 bits per heavy atom. The van der Waals surface area contributed by atoms with E-state index in [0.29, 0.717) is 0 Å². The summed E-state index contributed by atoms with van der Waals surface area (Å²) in [6.07, 6.45) is 3.07. The van der Waals surface area contributed by atoms with Gasteiger partial charge in [0.2, 0.25) is 5.91 Å². The van der Waals surface area contributed by atoms with Gasteiger partial charge in [0, 0.05) is 12.1 Å². The van der Waals surface area contributed by atoms with Gasteiger partial charge in [0.05, 0.1) is 12.1 Å². The first kappa shape index (κ1) is 15.1. The Morgan fingerprint density at radius 2 is 2.25 bits per heavy atom. The third-order valence-electron chi connectivity index (χ3n) is 4.11. The number of nitrogens with one attached hydrogen (secondary N) is 1. The van der Waals surface area contributed by atoms with Crippen LogP contribution >= 0.6 is 0 Å². The molecule has 0 aliphatic carbocycles. The summed E-state index contributed by atoms with van der Waals surface area (Å²) in [4.78, 5) is 14.6. The molecule has 0 bridgehead atoms. The molecule has 112 valence electrons. The summed E-state index contributed by atoms with van der Waals surface area (Å²) in [7, 11) is 0. The van der Waals surface area contributed by atoms with Crippen LogP contribution < -0.4 is 5.32 Å². The van der Waals surface area contributed by atoms with Crippen LogP contribution in [-0.2, 0) is 4.79 Å². The Morgan fingerprint density at radius 1 is 1.50 bits per heavy atom. The Balaban J connectivity index is 2.10. The van der Waals surface area contributed by atoms with Crippen LogP contribution in [0.5, 0.6) is 0 Å². The Kier molecular flexibility index (Phi) is 4.86. The van der Waals surface area contributed by atoms with Crippen molar-refractivity contribution in [1.29, 1.82) is 0 Å². The van der Waals surface area contributed by atoms with Crippen LogP contribution in [0.25, 0.3) is 0 Å². The number of nitrogens with zero attached hydrogens (tertiary/aromatic N) is 1. The molecule has 1 N–H and O–H groups in total. The third-order valence-corrected chi connectivity index (χ3v) is 4.11. The number of carbonyl (C=O) groups excluding carboxylic acids is 1. The third kappa shape index (κ3) is 3.06. The highest BCUT2D eigenvalue weighted by Gasteiger charge is 2.32. The molecule has 4 nitrogen and oxygen atoms in total. The zero-order valence-corrected chi connectivity index (χ0v) is 13.0. The number of aryl methyl sites for hydroxylation is 2. The van der Waals surface area contributed by atoms with Gasteiger partial charge >= 0.3 is 0 Å². The Labute approximate surface area is 121 Å². The molecule has 1 aliphatic rings. The SMILES string of the molecule is CCCNC1CCCN(C(C)c2cc(C)oc2C)C1=O. The molecule has 0 spiro atoms. The second-order valence-electron chi connectivity index (χ2n) is 5.73. The molecule has 2 heterocycles. The van der Waals surface area contributed by atoms with Gasteiger partial charge in [-0.1, -0.05) is 6.92 Å². The highest BCUT2D eigenvalue weighted by molar-refractivity contribution is 5.83. The van der Waals surface area contributed by atoms with Crippen LogP contribution in [-0.4, -0.2) is 29.9 Å². The first-order chi connectivity index (χ1) is 9.54. The molecule has 0 radical (unpaired) electrons. The van der Waals surface area contributed by atoms with Gasteiger partial charge in [0.25, 0.3) is 0 Å². The van der Waals surface area contributed by atoms with Crippen molar-refractivity contribution in [2.45, 2.75) is 59.0 Å². The molecule has 1 amide bonds. The molecule has 1 aliphatic heterocycles. The lowest BCUT2D eigenvalue weighted by Gasteiger charge is -2.36. The molecule has 0 aromatic carbocycles. The fourth-order valence-corrected chi connectivity index (χ4v) is 3.03. The van der Waals surface area contributed by atoms with Gasteiger partial charge in [-0.25, -0.2) is 0 Å². The van der Waals surface area contributed by atoms with Crippen molar-refractivity contribution in [2.24, 2.45) is 0 Å². The summed E-state index contributed by atoms with van der Waals surface area (Å²) in [6, 6.07) is 2.13. The topological polar surface area (TPSA) is 45.5 Å². The maximum Gasteiger partial charge on any atom is 0.240 e. The highest BCUT2D eigenvalue weighted by Crippen LogP contribution is 2.29. The van der Waals surface area contributed by atoms with E-state index in [4.69, 9.17) is 4.42 Å². The van der Waals surface area contributed by atoms with E-state index in [2.05, 4.69) is 25.2 Å². The van der Waals surface area contributed by atoms with E-state index in [1.807, 2.05) is 18.7 Å². The molecule has 1 saturated heterocycles. The first-order valence-electron chi connectivity index (χ1n) is 7.65. The molecule has 4 heteroatoms. The van der Waals surface area contributed by atoms with Gasteiger partial charge in [-0.15, -0.1) is 0 Å². The molecule has 0 saturated carbocycles. The second kappa shape index (κ2) is 6.44. The number of likely N-dealkylation sites (tertiary alicyclic amines) is 1. The predicted octanol–water partition coefficient (Wildman–Crippen LogP) is 2.95. The lowest BCUT2D eigenvalue weighted by Crippen LogP contribution is -2.51. The number of carbonyl (C=O) groups is 1. The molecular formula is C16H26N2O2. The largest absolute Gasteiger partial charge is 0.466 e. The van der Waals surface area contributed by atoms with Gasteiger partial charge < -0.3 is 14.6 Å². The molecule has 1 aromatic heterocycles. The first-order valence-corrected chi connectivity index (χ1v) is 7.65. The van der Waals surface area contributed by atoms with E-state index >= 15 is 0 Å². The van der Waals surface area contributed by atoms with E-state index in [1.54, 1.807) is 0 Å². The summed E-state index contributed by atoms with van der Waals surface area (Å²) < 4.78 is 5.60. The van der Waals surface area contributed by atoms with Crippen molar-refractivity contribution in [3.63, 3.8) is 0 Å². The molecule has 1 fully saturated rings. The minimum Gasteiger partial charge on any atom is -0.466 e. The average molecular weight is 278 g/mol. The van der Waals surface area contributed by atoms with Crippen LogP contribution in [0.4, 0.5) is 0 Å². The van der Waals surface area contributed by atoms with Crippen molar-refractivity contribution in [3.05, 3.63) is 23.2 Å². The summed E-state index contributed by atoms with van der Waals surface area (Å²) in [5, 5.41) is 3.36. The van der Waals surface area contributed by atoms with Gasteiger partial charge in [-0.05, 0) is 52.6 Å². The van der Waals surface area contributed by atoms with Crippen LogP contribution in [0.3, 0.4) is 0 Å². The van der Waals surface area contributed by atoms with Gasteiger partial charge in [0.1, 0.15) is 11.5 Å². The van der Waals surface area contributed by atoms with Crippen LogP contribution in [0.2, 0.25) is 0 Å².